The zero-order valence-corrected chi connectivity index (χ0v) is 14.8. The summed E-state index contributed by atoms with van der Waals surface area (Å²) >= 11 is 5.96. The lowest BCUT2D eigenvalue weighted by atomic mass is 9.97. The molecule has 8 heteroatoms. The molecule has 0 spiro atoms. The molecular formula is C15H20ClN3O3S. The summed E-state index contributed by atoms with van der Waals surface area (Å²) in [5.74, 6) is 0.366. The van der Waals surface area contributed by atoms with E-state index in [1.165, 1.54) is 10.6 Å². The number of fused-ring (bicyclic) bond motifs is 1. The predicted molar refractivity (Wildman–Crippen MR) is 91.4 cm³/mol. The third-order valence-corrected chi connectivity index (χ3v) is 5.82. The topological polar surface area (TPSA) is 66.7 Å². The first kappa shape index (κ1) is 16.5. The van der Waals surface area contributed by atoms with Gasteiger partial charge in [0, 0.05) is 37.8 Å². The van der Waals surface area contributed by atoms with Crippen LogP contribution in [0.3, 0.4) is 0 Å². The van der Waals surface area contributed by atoms with Gasteiger partial charge in [0.1, 0.15) is 5.52 Å². The highest BCUT2D eigenvalue weighted by Crippen LogP contribution is 2.28. The van der Waals surface area contributed by atoms with Crippen LogP contribution in [-0.2, 0) is 10.0 Å². The number of sulfonamides is 1. The molecule has 23 heavy (non-hydrogen) atoms. The van der Waals surface area contributed by atoms with Crippen LogP contribution in [0.15, 0.2) is 22.6 Å². The smallest absolute Gasteiger partial charge is 0.298 e. The Bertz CT molecular complexity index is 797. The number of hydrogen-bond donors (Lipinski definition) is 0. The maximum atomic E-state index is 11.5. The van der Waals surface area contributed by atoms with E-state index in [2.05, 4.69) is 9.88 Å². The van der Waals surface area contributed by atoms with Crippen LogP contribution >= 0.6 is 11.6 Å². The molecule has 3 rings (SSSR count). The predicted octanol–water partition coefficient (Wildman–Crippen LogP) is 2.59. The van der Waals surface area contributed by atoms with Gasteiger partial charge in [-0.2, -0.15) is 4.98 Å². The van der Waals surface area contributed by atoms with Gasteiger partial charge < -0.3 is 9.32 Å². The third kappa shape index (κ3) is 3.79. The zero-order valence-electron chi connectivity index (χ0n) is 13.2. The summed E-state index contributed by atoms with van der Waals surface area (Å²) in [6, 6.07) is 6.01. The lowest BCUT2D eigenvalue weighted by Gasteiger charge is -2.32. The summed E-state index contributed by atoms with van der Waals surface area (Å²) in [6.45, 7) is 2.18. The quantitative estimate of drug-likeness (QED) is 0.841. The van der Waals surface area contributed by atoms with Gasteiger partial charge in [0.05, 0.1) is 6.26 Å². The molecule has 0 amide bonds. The van der Waals surface area contributed by atoms with Crippen LogP contribution < -0.4 is 4.90 Å². The van der Waals surface area contributed by atoms with Crippen LogP contribution in [-0.4, -0.2) is 50.6 Å². The van der Waals surface area contributed by atoms with Crippen LogP contribution in [0.1, 0.15) is 12.8 Å². The standard InChI is InChI=1S/C15H20ClN3O3S/c1-18(23(2,20)21)10-11-5-7-19(8-6-11)15-17-13-4-3-12(16)9-14(13)22-15/h3-4,9,11H,5-8,10H2,1-2H3. The van der Waals surface area contributed by atoms with E-state index in [4.69, 9.17) is 16.0 Å². The summed E-state index contributed by atoms with van der Waals surface area (Å²) in [7, 11) is -1.48. The van der Waals surface area contributed by atoms with E-state index in [1.54, 1.807) is 19.2 Å². The average molecular weight is 358 g/mol. The highest BCUT2D eigenvalue weighted by Gasteiger charge is 2.25. The van der Waals surface area contributed by atoms with E-state index >= 15 is 0 Å². The van der Waals surface area contributed by atoms with Gasteiger partial charge in [0.25, 0.3) is 6.01 Å². The second kappa shape index (κ2) is 6.30. The first-order valence-electron chi connectivity index (χ1n) is 7.55. The Hall–Kier alpha value is -1.31. The lowest BCUT2D eigenvalue weighted by Crippen LogP contribution is -2.39. The largest absolute Gasteiger partial charge is 0.423 e. The van der Waals surface area contributed by atoms with E-state index in [0.29, 0.717) is 29.1 Å². The molecule has 126 valence electrons. The maximum Gasteiger partial charge on any atom is 0.298 e. The van der Waals surface area contributed by atoms with Gasteiger partial charge in [-0.1, -0.05) is 11.6 Å². The summed E-state index contributed by atoms with van der Waals surface area (Å²) in [6.07, 6.45) is 3.07. The average Bonchev–Trinajstić information content (AvgIpc) is 2.90. The molecule has 6 nitrogen and oxygen atoms in total. The number of piperidine rings is 1. The number of halogens is 1. The second-order valence-corrected chi connectivity index (χ2v) is 8.61. The number of nitrogens with zero attached hydrogens (tertiary/aromatic N) is 3. The van der Waals surface area contributed by atoms with Crippen molar-refractivity contribution in [3.05, 3.63) is 23.2 Å². The molecule has 2 aromatic rings. The van der Waals surface area contributed by atoms with Gasteiger partial charge in [-0.15, -0.1) is 0 Å². The van der Waals surface area contributed by atoms with E-state index < -0.39 is 10.0 Å². The molecule has 0 unspecified atom stereocenters. The molecule has 1 aromatic carbocycles. The molecule has 0 radical (unpaired) electrons. The van der Waals surface area contributed by atoms with Gasteiger partial charge in [-0.05, 0) is 30.9 Å². The number of rotatable bonds is 4. The van der Waals surface area contributed by atoms with Crippen molar-refractivity contribution in [1.82, 2.24) is 9.29 Å². The van der Waals surface area contributed by atoms with Crippen molar-refractivity contribution >= 4 is 38.7 Å². The molecule has 1 saturated heterocycles. The van der Waals surface area contributed by atoms with Crippen molar-refractivity contribution in [2.45, 2.75) is 12.8 Å². The van der Waals surface area contributed by atoms with Crippen LogP contribution in [0, 0.1) is 5.92 Å². The number of benzene rings is 1. The van der Waals surface area contributed by atoms with Crippen LogP contribution in [0.25, 0.3) is 11.1 Å². The van der Waals surface area contributed by atoms with Crippen molar-refractivity contribution < 1.29 is 12.8 Å². The SMILES string of the molecule is CN(CC1CCN(c2nc3ccc(Cl)cc3o2)CC1)S(C)(=O)=O. The Balaban J connectivity index is 1.64. The first-order valence-corrected chi connectivity index (χ1v) is 9.78. The van der Waals surface area contributed by atoms with Gasteiger partial charge in [-0.25, -0.2) is 12.7 Å². The highest BCUT2D eigenvalue weighted by atomic mass is 35.5. The van der Waals surface area contributed by atoms with Gasteiger partial charge >= 0.3 is 0 Å². The summed E-state index contributed by atoms with van der Waals surface area (Å²) < 4.78 is 30.2. The fourth-order valence-corrected chi connectivity index (χ4v) is 3.47. The fraction of sp³-hybridized carbons (Fsp3) is 0.533. The number of oxazole rings is 1. The van der Waals surface area contributed by atoms with E-state index in [-0.39, 0.29) is 0 Å². The normalized spacial score (nSPS) is 17.3. The Kier molecular flexibility index (Phi) is 4.53. The molecule has 0 bridgehead atoms. The number of hydrogen-bond acceptors (Lipinski definition) is 5. The van der Waals surface area contributed by atoms with Crippen LogP contribution in [0.5, 0.6) is 0 Å². The van der Waals surface area contributed by atoms with E-state index in [1.807, 2.05) is 6.07 Å². The maximum absolute atomic E-state index is 11.5. The molecule has 1 aromatic heterocycles. The zero-order chi connectivity index (χ0) is 16.6. The van der Waals surface area contributed by atoms with Gasteiger partial charge in [-0.3, -0.25) is 0 Å². The third-order valence-electron chi connectivity index (χ3n) is 4.31. The Morgan fingerprint density at radius 1 is 1.39 bits per heavy atom. The summed E-state index contributed by atoms with van der Waals surface area (Å²) in [5.41, 5.74) is 1.48. The minimum atomic E-state index is -3.11. The Labute approximate surface area is 141 Å². The molecule has 0 N–H and O–H groups in total. The van der Waals surface area contributed by atoms with Crippen molar-refractivity contribution in [1.29, 1.82) is 0 Å². The summed E-state index contributed by atoms with van der Waals surface area (Å²) in [5, 5.41) is 0.628. The van der Waals surface area contributed by atoms with Crippen molar-refractivity contribution in [2.75, 3.05) is 37.8 Å². The first-order chi connectivity index (χ1) is 10.8. The minimum absolute atomic E-state index is 0.366. The molecule has 1 fully saturated rings. The Morgan fingerprint density at radius 3 is 2.74 bits per heavy atom. The highest BCUT2D eigenvalue weighted by molar-refractivity contribution is 7.88. The molecule has 0 aliphatic carbocycles. The van der Waals surface area contributed by atoms with Crippen LogP contribution in [0.2, 0.25) is 5.02 Å². The molecule has 1 aliphatic heterocycles. The number of anilines is 1. The van der Waals surface area contributed by atoms with Gasteiger partial charge in [0.15, 0.2) is 5.58 Å². The molecule has 1 aliphatic rings. The molecule has 0 atom stereocenters. The van der Waals surface area contributed by atoms with Gasteiger partial charge in [0.2, 0.25) is 10.0 Å². The monoisotopic (exact) mass is 357 g/mol. The fourth-order valence-electron chi connectivity index (χ4n) is 2.83. The summed E-state index contributed by atoms with van der Waals surface area (Å²) in [4.78, 5) is 6.60. The second-order valence-electron chi connectivity index (χ2n) is 6.08. The van der Waals surface area contributed by atoms with Crippen molar-refractivity contribution in [2.24, 2.45) is 5.92 Å². The number of aromatic nitrogens is 1. The lowest BCUT2D eigenvalue weighted by molar-refractivity contribution is 0.323. The van der Waals surface area contributed by atoms with E-state index in [9.17, 15) is 8.42 Å². The molecule has 0 saturated carbocycles. The molecular weight excluding hydrogens is 338 g/mol. The Morgan fingerprint density at radius 2 is 2.09 bits per heavy atom. The van der Waals surface area contributed by atoms with Crippen LogP contribution in [0.4, 0.5) is 6.01 Å². The van der Waals surface area contributed by atoms with Crippen molar-refractivity contribution in [3.8, 4) is 0 Å². The molecule has 2 heterocycles. The van der Waals surface area contributed by atoms with Crippen molar-refractivity contribution in [3.63, 3.8) is 0 Å². The minimum Gasteiger partial charge on any atom is -0.423 e. The van der Waals surface area contributed by atoms with E-state index in [0.717, 1.165) is 31.4 Å².